The predicted molar refractivity (Wildman–Crippen MR) is 130 cm³/mol. The molecule has 4 aromatic rings. The summed E-state index contributed by atoms with van der Waals surface area (Å²) < 4.78 is 52.6. The summed E-state index contributed by atoms with van der Waals surface area (Å²) in [6.07, 6.45) is -1.59. The Morgan fingerprint density at radius 1 is 1.08 bits per heavy atom. The molecule has 1 fully saturated rings. The van der Waals surface area contributed by atoms with Gasteiger partial charge in [-0.1, -0.05) is 18.2 Å². The number of nitrogens with one attached hydrogen (secondary N) is 2. The molecule has 0 spiro atoms. The summed E-state index contributed by atoms with van der Waals surface area (Å²) in [6, 6.07) is 8.05. The molecule has 3 aromatic heterocycles. The molecule has 7 nitrogen and oxygen atoms in total. The van der Waals surface area contributed by atoms with Crippen LogP contribution in [0.3, 0.4) is 0 Å². The van der Waals surface area contributed by atoms with Gasteiger partial charge in [0.15, 0.2) is 11.6 Å². The van der Waals surface area contributed by atoms with Crippen molar-refractivity contribution in [3.63, 3.8) is 0 Å². The number of piperazine rings is 1. The molecule has 0 bridgehead atoms. The highest BCUT2D eigenvalue weighted by Crippen LogP contribution is 2.33. The minimum absolute atomic E-state index is 0. The van der Waals surface area contributed by atoms with E-state index in [-0.39, 0.29) is 24.6 Å². The Balaban J connectivity index is 0.00000304. The van der Waals surface area contributed by atoms with Gasteiger partial charge in [-0.25, -0.2) is 14.4 Å². The van der Waals surface area contributed by atoms with Gasteiger partial charge in [0.2, 0.25) is 0 Å². The first-order valence-electron chi connectivity index (χ1n) is 11.1. The fourth-order valence-corrected chi connectivity index (χ4v) is 4.27. The second kappa shape index (κ2) is 10.3. The Kier molecular flexibility index (Phi) is 7.32. The molecule has 12 heteroatoms. The summed E-state index contributed by atoms with van der Waals surface area (Å²) in [5.41, 5.74) is 0.541. The van der Waals surface area contributed by atoms with E-state index in [4.69, 9.17) is 0 Å². The third-order valence-corrected chi connectivity index (χ3v) is 6.13. The standard InChI is InChI=1S/C24H22F4N6O.ClH/c25-5-6-33-7-9-34(10-8-33)21-12-18-20(14-30-21)32-23(31-18)19-11-15(13-29-19)22(35)16-3-1-2-4-17(16)24(26,27)28;/h1-4,11-14,29H,5-10H2,(H,31,32);1H. The minimum Gasteiger partial charge on any atom is -0.358 e. The second-order valence-electron chi connectivity index (χ2n) is 8.34. The largest absolute Gasteiger partial charge is 0.417 e. The predicted octanol–water partition coefficient (Wildman–Crippen LogP) is 4.72. The number of nitrogens with zero attached hydrogens (tertiary/aromatic N) is 4. The number of aromatic nitrogens is 4. The number of anilines is 1. The summed E-state index contributed by atoms with van der Waals surface area (Å²) in [5, 5.41) is 0. The summed E-state index contributed by atoms with van der Waals surface area (Å²) in [6.45, 7) is 3.06. The lowest BCUT2D eigenvalue weighted by Crippen LogP contribution is -2.47. The molecule has 5 rings (SSSR count). The smallest absolute Gasteiger partial charge is 0.358 e. The van der Waals surface area contributed by atoms with Crippen LogP contribution in [-0.2, 0) is 6.18 Å². The lowest BCUT2D eigenvalue weighted by Gasteiger charge is -2.34. The molecule has 36 heavy (non-hydrogen) atoms. The number of rotatable bonds is 6. The van der Waals surface area contributed by atoms with Crippen molar-refractivity contribution in [2.75, 3.05) is 44.3 Å². The Morgan fingerprint density at radius 3 is 2.56 bits per heavy atom. The van der Waals surface area contributed by atoms with Crippen molar-refractivity contribution >= 4 is 35.0 Å². The number of alkyl halides is 4. The van der Waals surface area contributed by atoms with Crippen LogP contribution in [0, 0.1) is 0 Å². The topological polar surface area (TPSA) is 80.9 Å². The molecule has 0 saturated carbocycles. The zero-order valence-corrected chi connectivity index (χ0v) is 19.8. The van der Waals surface area contributed by atoms with E-state index in [0.717, 1.165) is 38.1 Å². The Labute approximate surface area is 209 Å². The first-order valence-corrected chi connectivity index (χ1v) is 11.1. The summed E-state index contributed by atoms with van der Waals surface area (Å²) >= 11 is 0. The van der Waals surface area contributed by atoms with Crippen molar-refractivity contribution in [2.24, 2.45) is 0 Å². The molecule has 1 aliphatic heterocycles. The number of hydrogen-bond donors (Lipinski definition) is 2. The summed E-state index contributed by atoms with van der Waals surface area (Å²) in [7, 11) is 0. The van der Waals surface area contributed by atoms with E-state index in [1.54, 1.807) is 6.20 Å². The number of hydrogen-bond acceptors (Lipinski definition) is 5. The van der Waals surface area contributed by atoms with Crippen LogP contribution in [-0.4, -0.2) is 70.0 Å². The molecule has 0 radical (unpaired) electrons. The third kappa shape index (κ3) is 5.07. The fraction of sp³-hybridized carbons (Fsp3) is 0.292. The van der Waals surface area contributed by atoms with Crippen molar-refractivity contribution < 1.29 is 22.4 Å². The maximum atomic E-state index is 13.3. The molecular weight excluding hydrogens is 500 g/mol. The van der Waals surface area contributed by atoms with Gasteiger partial charge in [0.1, 0.15) is 12.5 Å². The number of pyridine rings is 1. The first kappa shape index (κ1) is 25.6. The maximum absolute atomic E-state index is 13.3. The third-order valence-electron chi connectivity index (χ3n) is 6.13. The van der Waals surface area contributed by atoms with Gasteiger partial charge in [-0.15, -0.1) is 12.4 Å². The molecule has 190 valence electrons. The molecule has 0 amide bonds. The van der Waals surface area contributed by atoms with Gasteiger partial charge in [-0.2, -0.15) is 13.2 Å². The van der Waals surface area contributed by atoms with Crippen LogP contribution in [0.5, 0.6) is 0 Å². The molecule has 2 N–H and O–H groups in total. The Bertz CT molecular complexity index is 1360. The first-order chi connectivity index (χ1) is 16.8. The fourth-order valence-electron chi connectivity index (χ4n) is 4.27. The van der Waals surface area contributed by atoms with Crippen LogP contribution in [0.4, 0.5) is 23.4 Å². The van der Waals surface area contributed by atoms with Gasteiger partial charge in [0.25, 0.3) is 0 Å². The van der Waals surface area contributed by atoms with E-state index in [0.29, 0.717) is 29.1 Å². The van der Waals surface area contributed by atoms with Crippen LogP contribution in [0.15, 0.2) is 48.8 Å². The van der Waals surface area contributed by atoms with Crippen LogP contribution < -0.4 is 4.90 Å². The maximum Gasteiger partial charge on any atom is 0.417 e. The number of halogens is 5. The van der Waals surface area contributed by atoms with E-state index < -0.39 is 23.1 Å². The van der Waals surface area contributed by atoms with E-state index in [1.807, 2.05) is 6.07 Å². The van der Waals surface area contributed by atoms with Gasteiger partial charge in [-0.05, 0) is 12.1 Å². The summed E-state index contributed by atoms with van der Waals surface area (Å²) in [5.74, 6) is 0.476. The van der Waals surface area contributed by atoms with E-state index in [2.05, 4.69) is 29.7 Å². The highest BCUT2D eigenvalue weighted by Gasteiger charge is 2.35. The second-order valence-corrected chi connectivity index (χ2v) is 8.34. The molecule has 0 aliphatic carbocycles. The lowest BCUT2D eigenvalue weighted by molar-refractivity contribution is -0.137. The monoisotopic (exact) mass is 522 g/mol. The molecule has 1 aromatic carbocycles. The number of fused-ring (bicyclic) bond motifs is 1. The van der Waals surface area contributed by atoms with Crippen LogP contribution in [0.25, 0.3) is 22.6 Å². The number of carbonyl (C=O) groups excluding carboxylic acids is 1. The molecule has 0 atom stereocenters. The highest BCUT2D eigenvalue weighted by molar-refractivity contribution is 6.10. The highest BCUT2D eigenvalue weighted by atomic mass is 35.5. The van der Waals surface area contributed by atoms with Crippen molar-refractivity contribution in [3.05, 3.63) is 65.5 Å². The number of aromatic amines is 2. The van der Waals surface area contributed by atoms with E-state index >= 15 is 0 Å². The van der Waals surface area contributed by atoms with Crippen LogP contribution in [0.2, 0.25) is 0 Å². The van der Waals surface area contributed by atoms with E-state index in [9.17, 15) is 22.4 Å². The number of benzene rings is 1. The normalized spacial score (nSPS) is 14.7. The Morgan fingerprint density at radius 2 is 1.83 bits per heavy atom. The minimum atomic E-state index is -4.63. The van der Waals surface area contributed by atoms with Gasteiger partial charge in [-0.3, -0.25) is 9.69 Å². The SMILES string of the molecule is Cl.O=C(c1c[nH]c(-c2nc3cc(N4CCN(CCF)CC4)ncc3[nH]2)c1)c1ccccc1C(F)(F)F. The van der Waals surface area contributed by atoms with Gasteiger partial charge >= 0.3 is 6.18 Å². The molecule has 1 saturated heterocycles. The van der Waals surface area contributed by atoms with Gasteiger partial charge < -0.3 is 14.9 Å². The zero-order valence-electron chi connectivity index (χ0n) is 19.0. The van der Waals surface area contributed by atoms with Crippen molar-refractivity contribution in [1.82, 2.24) is 24.8 Å². The quantitative estimate of drug-likeness (QED) is 0.283. The molecule has 4 heterocycles. The molecular formula is C24H23ClF4N6O. The lowest BCUT2D eigenvalue weighted by atomic mass is 9.99. The average molecular weight is 523 g/mol. The average Bonchev–Trinajstić information content (AvgIpc) is 3.51. The summed E-state index contributed by atoms with van der Waals surface area (Å²) in [4.78, 5) is 32.1. The van der Waals surface area contributed by atoms with Crippen LogP contribution >= 0.6 is 12.4 Å². The number of imidazole rings is 1. The molecule has 1 aliphatic rings. The Hall–Kier alpha value is -3.44. The van der Waals surface area contributed by atoms with Gasteiger partial charge in [0, 0.05) is 56.1 Å². The van der Waals surface area contributed by atoms with Crippen LogP contribution in [0.1, 0.15) is 21.5 Å². The van der Waals surface area contributed by atoms with E-state index in [1.165, 1.54) is 30.5 Å². The number of ketones is 1. The number of H-pyrrole nitrogens is 2. The molecule has 0 unspecified atom stereocenters. The van der Waals surface area contributed by atoms with Crippen molar-refractivity contribution in [2.45, 2.75) is 6.18 Å². The zero-order chi connectivity index (χ0) is 24.6. The van der Waals surface area contributed by atoms with Gasteiger partial charge in [0.05, 0.1) is 28.5 Å². The van der Waals surface area contributed by atoms with Crippen molar-refractivity contribution in [1.29, 1.82) is 0 Å². The number of carbonyl (C=O) groups is 1. The van der Waals surface area contributed by atoms with Crippen molar-refractivity contribution in [3.8, 4) is 11.5 Å².